The van der Waals surface area contributed by atoms with Gasteiger partial charge in [0.2, 0.25) is 5.43 Å². The first-order chi connectivity index (χ1) is 15.5. The zero-order chi connectivity index (χ0) is 22.7. The molecular weight excluding hydrogens is 404 g/mol. The molecular formula is C26H26N2O4. The summed E-state index contributed by atoms with van der Waals surface area (Å²) in [5.41, 5.74) is 2.78. The molecule has 3 aromatic rings. The summed E-state index contributed by atoms with van der Waals surface area (Å²) in [7, 11) is 0. The number of amides is 2. The van der Waals surface area contributed by atoms with Crippen LogP contribution in [0.2, 0.25) is 0 Å². The van der Waals surface area contributed by atoms with E-state index in [9.17, 15) is 14.4 Å². The largest absolute Gasteiger partial charge is 0.483 e. The minimum absolute atomic E-state index is 0.0168. The number of aromatic nitrogens is 1. The lowest BCUT2D eigenvalue weighted by molar-refractivity contribution is 0.0636. The van der Waals surface area contributed by atoms with Gasteiger partial charge in [0.25, 0.3) is 11.8 Å². The van der Waals surface area contributed by atoms with Gasteiger partial charge >= 0.3 is 0 Å². The van der Waals surface area contributed by atoms with Crippen molar-refractivity contribution in [1.82, 2.24) is 9.47 Å². The predicted octanol–water partition coefficient (Wildman–Crippen LogP) is 4.33. The number of carbonyl (C=O) groups is 2. The van der Waals surface area contributed by atoms with Crippen LogP contribution in [0.25, 0.3) is 0 Å². The van der Waals surface area contributed by atoms with E-state index in [2.05, 4.69) is 6.92 Å². The molecule has 4 rings (SSSR count). The maximum Gasteiger partial charge on any atom is 0.261 e. The van der Waals surface area contributed by atoms with Gasteiger partial charge in [-0.3, -0.25) is 19.3 Å². The van der Waals surface area contributed by atoms with Crippen LogP contribution in [0.15, 0.2) is 65.5 Å². The van der Waals surface area contributed by atoms with Gasteiger partial charge in [0.15, 0.2) is 5.75 Å². The quantitative estimate of drug-likeness (QED) is 0.499. The lowest BCUT2D eigenvalue weighted by Gasteiger charge is -2.23. The Bertz CT molecular complexity index is 1180. The molecule has 0 N–H and O–H groups in total. The summed E-state index contributed by atoms with van der Waals surface area (Å²) in [6.45, 7) is 4.83. The Morgan fingerprint density at radius 1 is 0.875 bits per heavy atom. The minimum Gasteiger partial charge on any atom is -0.483 e. The van der Waals surface area contributed by atoms with Crippen LogP contribution in [0.4, 0.5) is 0 Å². The molecule has 164 valence electrons. The molecule has 0 radical (unpaired) electrons. The van der Waals surface area contributed by atoms with Gasteiger partial charge in [0.1, 0.15) is 6.61 Å². The van der Waals surface area contributed by atoms with Crippen LogP contribution >= 0.6 is 0 Å². The highest BCUT2D eigenvalue weighted by Gasteiger charge is 2.36. The number of ether oxygens (including phenoxy) is 1. The van der Waals surface area contributed by atoms with Gasteiger partial charge in [-0.25, -0.2) is 0 Å². The number of hydrogen-bond donors (Lipinski definition) is 0. The molecule has 6 heteroatoms. The average molecular weight is 431 g/mol. The Balaban J connectivity index is 1.74. The molecule has 6 nitrogen and oxygen atoms in total. The van der Waals surface area contributed by atoms with E-state index in [4.69, 9.17) is 4.74 Å². The Hall–Kier alpha value is -3.67. The van der Waals surface area contributed by atoms with Gasteiger partial charge in [-0.15, -0.1) is 0 Å². The standard InChI is InChI=1S/C26H26N2O4/c1-3-4-14-27-18(2)15-23(29)24(32-17-19-10-6-5-7-11-19)22(27)16-28-25(30)20-12-8-9-13-21(20)26(28)31/h5-13,15H,3-4,14,16-17H2,1-2H3. The van der Waals surface area contributed by atoms with Crippen LogP contribution in [0, 0.1) is 6.92 Å². The second-order valence-corrected chi connectivity index (χ2v) is 7.95. The fourth-order valence-corrected chi connectivity index (χ4v) is 4.01. The van der Waals surface area contributed by atoms with Crippen molar-refractivity contribution < 1.29 is 14.3 Å². The maximum atomic E-state index is 13.0. The van der Waals surface area contributed by atoms with E-state index in [0.717, 1.165) is 24.1 Å². The SMILES string of the molecule is CCCCn1c(C)cc(=O)c(OCc2ccccc2)c1CN1C(=O)c2ccccc2C1=O. The van der Waals surface area contributed by atoms with Crippen molar-refractivity contribution >= 4 is 11.8 Å². The van der Waals surface area contributed by atoms with E-state index < -0.39 is 0 Å². The highest BCUT2D eigenvalue weighted by atomic mass is 16.5. The highest BCUT2D eigenvalue weighted by Crippen LogP contribution is 2.27. The van der Waals surface area contributed by atoms with Crippen molar-refractivity contribution in [2.45, 2.75) is 46.4 Å². The summed E-state index contributed by atoms with van der Waals surface area (Å²) >= 11 is 0. The van der Waals surface area contributed by atoms with E-state index in [-0.39, 0.29) is 36.1 Å². The van der Waals surface area contributed by atoms with E-state index in [1.54, 1.807) is 30.3 Å². The van der Waals surface area contributed by atoms with Crippen molar-refractivity contribution in [2.24, 2.45) is 0 Å². The molecule has 2 heterocycles. The van der Waals surface area contributed by atoms with Crippen molar-refractivity contribution in [2.75, 3.05) is 0 Å². The molecule has 2 aromatic carbocycles. The number of unbranched alkanes of at least 4 members (excludes halogenated alkanes) is 1. The first kappa shape index (κ1) is 21.6. The molecule has 0 aliphatic carbocycles. The molecule has 1 aromatic heterocycles. The molecule has 0 spiro atoms. The van der Waals surface area contributed by atoms with Crippen LogP contribution in [-0.4, -0.2) is 21.3 Å². The van der Waals surface area contributed by atoms with Gasteiger partial charge in [0, 0.05) is 18.3 Å². The topological polar surface area (TPSA) is 68.6 Å². The second-order valence-electron chi connectivity index (χ2n) is 7.95. The smallest absolute Gasteiger partial charge is 0.261 e. The lowest BCUT2D eigenvalue weighted by Crippen LogP contribution is -2.32. The Labute approximate surface area is 187 Å². The number of carbonyl (C=O) groups excluding carboxylic acids is 2. The van der Waals surface area contributed by atoms with Crippen molar-refractivity contribution in [3.8, 4) is 5.75 Å². The molecule has 0 saturated heterocycles. The highest BCUT2D eigenvalue weighted by molar-refractivity contribution is 6.21. The van der Waals surface area contributed by atoms with Crippen molar-refractivity contribution in [1.29, 1.82) is 0 Å². The normalized spacial score (nSPS) is 12.9. The maximum absolute atomic E-state index is 13.0. The zero-order valence-corrected chi connectivity index (χ0v) is 18.3. The first-order valence-electron chi connectivity index (χ1n) is 10.9. The number of aryl methyl sites for hydroxylation is 1. The Morgan fingerprint density at radius 3 is 2.12 bits per heavy atom. The number of imide groups is 1. The number of hydrogen-bond acceptors (Lipinski definition) is 4. The van der Waals surface area contributed by atoms with Crippen LogP contribution in [0.3, 0.4) is 0 Å². The fraction of sp³-hybridized carbons (Fsp3) is 0.269. The summed E-state index contributed by atoms with van der Waals surface area (Å²) in [4.78, 5) is 40.1. The van der Waals surface area contributed by atoms with Crippen LogP contribution in [0.1, 0.15) is 57.4 Å². The van der Waals surface area contributed by atoms with Gasteiger partial charge in [-0.05, 0) is 31.0 Å². The van der Waals surface area contributed by atoms with Gasteiger partial charge in [0.05, 0.1) is 23.4 Å². The third kappa shape index (κ3) is 4.08. The molecule has 1 aliphatic rings. The zero-order valence-electron chi connectivity index (χ0n) is 18.3. The molecule has 32 heavy (non-hydrogen) atoms. The Kier molecular flexibility index (Phi) is 6.21. The number of rotatable bonds is 8. The first-order valence-corrected chi connectivity index (χ1v) is 10.9. The summed E-state index contributed by atoms with van der Waals surface area (Å²) in [5.74, 6) is -0.515. The van der Waals surface area contributed by atoms with E-state index in [0.29, 0.717) is 23.4 Å². The van der Waals surface area contributed by atoms with E-state index >= 15 is 0 Å². The minimum atomic E-state index is -0.351. The van der Waals surface area contributed by atoms with Crippen molar-refractivity contribution in [3.63, 3.8) is 0 Å². The van der Waals surface area contributed by atoms with E-state index in [1.807, 2.05) is 41.8 Å². The summed E-state index contributed by atoms with van der Waals surface area (Å²) in [6.07, 6.45) is 1.87. The van der Waals surface area contributed by atoms with Crippen molar-refractivity contribution in [3.05, 3.63) is 99.0 Å². The molecule has 1 aliphatic heterocycles. The Morgan fingerprint density at radius 2 is 1.50 bits per heavy atom. The predicted molar refractivity (Wildman–Crippen MR) is 122 cm³/mol. The monoisotopic (exact) mass is 430 g/mol. The molecule has 2 amide bonds. The lowest BCUT2D eigenvalue weighted by atomic mass is 10.1. The second kappa shape index (κ2) is 9.22. The van der Waals surface area contributed by atoms with Gasteiger partial charge in [-0.1, -0.05) is 55.8 Å². The summed E-state index contributed by atoms with van der Waals surface area (Å²) in [5, 5.41) is 0. The summed E-state index contributed by atoms with van der Waals surface area (Å²) in [6, 6.07) is 17.9. The van der Waals surface area contributed by atoms with E-state index in [1.165, 1.54) is 4.90 Å². The van der Waals surface area contributed by atoms with Crippen LogP contribution in [0.5, 0.6) is 5.75 Å². The fourth-order valence-electron chi connectivity index (χ4n) is 4.01. The molecule has 0 fully saturated rings. The van der Waals surface area contributed by atoms with Crippen LogP contribution < -0.4 is 10.2 Å². The molecule has 0 saturated carbocycles. The van der Waals surface area contributed by atoms with Gasteiger partial charge < -0.3 is 9.30 Å². The number of nitrogens with zero attached hydrogens (tertiary/aromatic N) is 2. The third-order valence-corrected chi connectivity index (χ3v) is 5.72. The molecule has 0 unspecified atom stereocenters. The molecule has 0 atom stereocenters. The third-order valence-electron chi connectivity index (χ3n) is 5.72. The average Bonchev–Trinajstić information content (AvgIpc) is 3.04. The number of benzene rings is 2. The number of fused-ring (bicyclic) bond motifs is 1. The number of pyridine rings is 1. The summed E-state index contributed by atoms with van der Waals surface area (Å²) < 4.78 is 8.00. The van der Waals surface area contributed by atoms with Crippen LogP contribution in [-0.2, 0) is 19.7 Å². The molecule has 0 bridgehead atoms. The van der Waals surface area contributed by atoms with Gasteiger partial charge in [-0.2, -0.15) is 0 Å².